The summed E-state index contributed by atoms with van der Waals surface area (Å²) in [7, 11) is 3.09. The van der Waals surface area contributed by atoms with Crippen molar-refractivity contribution in [2.24, 2.45) is 0 Å². The topological polar surface area (TPSA) is 87.3 Å². The number of benzene rings is 1. The zero-order valence-corrected chi connectivity index (χ0v) is 17.7. The van der Waals surface area contributed by atoms with Crippen LogP contribution < -0.4 is 5.32 Å². The highest BCUT2D eigenvalue weighted by Gasteiger charge is 2.19. The van der Waals surface area contributed by atoms with Gasteiger partial charge in [-0.3, -0.25) is 9.59 Å². The summed E-state index contributed by atoms with van der Waals surface area (Å²) < 4.78 is 4.57. The van der Waals surface area contributed by atoms with Gasteiger partial charge >= 0.3 is 5.97 Å². The molecule has 0 saturated carbocycles. The minimum absolute atomic E-state index is 0.0406. The van der Waals surface area contributed by atoms with Crippen molar-refractivity contribution in [2.45, 2.75) is 13.0 Å². The molecule has 2 heterocycles. The van der Waals surface area contributed by atoms with E-state index in [1.807, 2.05) is 37.4 Å². The second-order valence-electron chi connectivity index (χ2n) is 6.77. The number of H-pyrrole nitrogens is 1. The molecule has 156 valence electrons. The van der Waals surface area contributed by atoms with Crippen LogP contribution in [0.4, 0.5) is 5.82 Å². The highest BCUT2D eigenvalue weighted by atomic mass is 35.5. The third-order valence-electron chi connectivity index (χ3n) is 4.92. The molecule has 0 bridgehead atoms. The Morgan fingerprint density at radius 2 is 2.13 bits per heavy atom. The number of amides is 1. The van der Waals surface area contributed by atoms with Crippen LogP contribution >= 0.6 is 11.6 Å². The first kappa shape index (κ1) is 21.4. The van der Waals surface area contributed by atoms with Crippen molar-refractivity contribution in [2.75, 3.05) is 26.0 Å². The molecule has 2 aromatic heterocycles. The Bertz CT molecular complexity index is 1080. The van der Waals surface area contributed by atoms with Crippen LogP contribution in [0.3, 0.4) is 0 Å². The number of hydrogen-bond acceptors (Lipinski definition) is 5. The molecule has 1 amide bonds. The maximum Gasteiger partial charge on any atom is 0.325 e. The summed E-state index contributed by atoms with van der Waals surface area (Å²) >= 11 is 6.23. The van der Waals surface area contributed by atoms with Gasteiger partial charge in [0.2, 0.25) is 5.91 Å². The summed E-state index contributed by atoms with van der Waals surface area (Å²) in [6.45, 7) is 2.01. The second-order valence-corrected chi connectivity index (χ2v) is 7.18. The molecule has 2 N–H and O–H groups in total. The van der Waals surface area contributed by atoms with Crippen LogP contribution in [0.5, 0.6) is 0 Å². The number of ether oxygens (including phenoxy) is 1. The largest absolute Gasteiger partial charge is 0.468 e. The molecule has 0 aliphatic carbocycles. The van der Waals surface area contributed by atoms with Crippen molar-refractivity contribution in [3.63, 3.8) is 0 Å². The average Bonchev–Trinajstić information content (AvgIpc) is 3.21. The van der Waals surface area contributed by atoms with Crippen molar-refractivity contribution >= 4 is 46.3 Å². The van der Waals surface area contributed by atoms with Gasteiger partial charge in [0.1, 0.15) is 12.4 Å². The number of methoxy groups -OCH3 is 1. The smallest absolute Gasteiger partial charge is 0.325 e. The number of hydrogen-bond donors (Lipinski definition) is 2. The van der Waals surface area contributed by atoms with Crippen molar-refractivity contribution in [3.8, 4) is 0 Å². The number of anilines is 1. The van der Waals surface area contributed by atoms with E-state index in [4.69, 9.17) is 11.6 Å². The first-order chi connectivity index (χ1) is 14.4. The standard InChI is InChI=1S/C22H23ClN4O3/c1-14(17-12-26-22-16(17)5-4-6-18(22)23)27(2)20(28)10-8-15-7-9-19(24-11-15)25-13-21(29)30-3/h4-12,14,26H,13H2,1-3H3,(H,24,25)/b10-8+. The van der Waals surface area contributed by atoms with E-state index in [1.54, 1.807) is 30.3 Å². The lowest BCUT2D eigenvalue weighted by Crippen LogP contribution is -2.27. The molecule has 1 aromatic carbocycles. The number of aromatic amines is 1. The molecular weight excluding hydrogens is 404 g/mol. The summed E-state index contributed by atoms with van der Waals surface area (Å²) in [6, 6.07) is 9.11. The van der Waals surface area contributed by atoms with Crippen LogP contribution in [0, 0.1) is 0 Å². The lowest BCUT2D eigenvalue weighted by atomic mass is 10.1. The van der Waals surface area contributed by atoms with Gasteiger partial charge in [-0.15, -0.1) is 0 Å². The van der Waals surface area contributed by atoms with Gasteiger partial charge in [0.25, 0.3) is 0 Å². The predicted octanol–water partition coefficient (Wildman–Crippen LogP) is 4.03. The summed E-state index contributed by atoms with van der Waals surface area (Å²) in [6.07, 6.45) is 6.72. The van der Waals surface area contributed by atoms with Crippen LogP contribution in [0.15, 0.2) is 48.8 Å². The highest BCUT2D eigenvalue weighted by Crippen LogP contribution is 2.31. The average molecular weight is 427 g/mol. The molecule has 0 fully saturated rings. The molecule has 0 radical (unpaired) electrons. The SMILES string of the molecule is COC(=O)CNc1ccc(/C=C/C(=O)N(C)C(C)c2c[nH]c3c(Cl)cccc23)cn1. The number of fused-ring (bicyclic) bond motifs is 1. The van der Waals surface area contributed by atoms with Crippen LogP contribution in [-0.4, -0.2) is 47.4 Å². The highest BCUT2D eigenvalue weighted by molar-refractivity contribution is 6.35. The Kier molecular flexibility index (Phi) is 6.74. The molecule has 30 heavy (non-hydrogen) atoms. The maximum atomic E-state index is 12.7. The van der Waals surface area contributed by atoms with Crippen molar-refractivity contribution in [1.29, 1.82) is 0 Å². The third-order valence-corrected chi connectivity index (χ3v) is 5.24. The second kappa shape index (κ2) is 9.45. The lowest BCUT2D eigenvalue weighted by molar-refractivity contribution is -0.138. The number of esters is 1. The molecule has 3 rings (SSSR count). The van der Waals surface area contributed by atoms with Gasteiger partial charge in [0, 0.05) is 30.9 Å². The van der Waals surface area contributed by atoms with Gasteiger partial charge in [-0.25, -0.2) is 4.98 Å². The number of pyridine rings is 1. The Morgan fingerprint density at radius 3 is 2.83 bits per heavy atom. The van der Waals surface area contributed by atoms with E-state index in [1.165, 1.54) is 13.2 Å². The van der Waals surface area contributed by atoms with E-state index in [9.17, 15) is 9.59 Å². The monoisotopic (exact) mass is 426 g/mol. The number of likely N-dealkylation sites (N-methyl/N-ethyl adjacent to an activating group) is 1. The molecule has 0 aliphatic rings. The number of rotatable bonds is 7. The zero-order valence-electron chi connectivity index (χ0n) is 17.0. The van der Waals surface area contributed by atoms with Crippen molar-refractivity contribution in [1.82, 2.24) is 14.9 Å². The van der Waals surface area contributed by atoms with Crippen molar-refractivity contribution < 1.29 is 14.3 Å². The zero-order chi connectivity index (χ0) is 21.7. The quantitative estimate of drug-likeness (QED) is 0.440. The normalized spacial score (nSPS) is 12.1. The van der Waals surface area contributed by atoms with Gasteiger partial charge in [-0.2, -0.15) is 0 Å². The Labute approximate surface area is 179 Å². The molecule has 8 heteroatoms. The van der Waals surface area contributed by atoms with Gasteiger partial charge in [-0.05, 0) is 42.3 Å². The first-order valence-electron chi connectivity index (χ1n) is 9.37. The first-order valence-corrected chi connectivity index (χ1v) is 9.75. The summed E-state index contributed by atoms with van der Waals surface area (Å²) in [5.74, 6) is 0.0420. The molecular formula is C22H23ClN4O3. The number of nitrogens with one attached hydrogen (secondary N) is 2. The lowest BCUT2D eigenvalue weighted by Gasteiger charge is -2.23. The summed E-state index contributed by atoms with van der Waals surface area (Å²) in [4.78, 5) is 32.9. The molecule has 1 unspecified atom stereocenters. The van der Waals surface area contributed by atoms with Crippen LogP contribution in [0.2, 0.25) is 5.02 Å². The summed E-state index contributed by atoms with van der Waals surface area (Å²) in [5.41, 5.74) is 2.63. The van der Waals surface area contributed by atoms with E-state index in [-0.39, 0.29) is 24.5 Å². The number of carbonyl (C=O) groups is 2. The Balaban J connectivity index is 1.65. The third kappa shape index (κ3) is 4.80. The van der Waals surface area contributed by atoms with Gasteiger partial charge in [0.05, 0.1) is 23.7 Å². The van der Waals surface area contributed by atoms with Gasteiger partial charge in [-0.1, -0.05) is 23.7 Å². The number of carbonyl (C=O) groups excluding carboxylic acids is 2. The van der Waals surface area contributed by atoms with E-state index < -0.39 is 0 Å². The maximum absolute atomic E-state index is 12.7. The van der Waals surface area contributed by atoms with Crippen molar-refractivity contribution in [3.05, 3.63) is 65.0 Å². The van der Waals surface area contributed by atoms with Gasteiger partial charge in [0.15, 0.2) is 0 Å². The van der Waals surface area contributed by atoms with E-state index >= 15 is 0 Å². The molecule has 0 spiro atoms. The van der Waals surface area contributed by atoms with Crippen LogP contribution in [0.1, 0.15) is 24.1 Å². The minimum Gasteiger partial charge on any atom is -0.468 e. The van der Waals surface area contributed by atoms with Gasteiger partial charge < -0.3 is 19.9 Å². The molecule has 7 nitrogen and oxygen atoms in total. The fourth-order valence-corrected chi connectivity index (χ4v) is 3.24. The number of nitrogens with zero attached hydrogens (tertiary/aromatic N) is 2. The fourth-order valence-electron chi connectivity index (χ4n) is 3.01. The predicted molar refractivity (Wildman–Crippen MR) is 118 cm³/mol. The van der Waals surface area contributed by atoms with Crippen LogP contribution in [-0.2, 0) is 14.3 Å². The molecule has 3 aromatic rings. The number of aromatic nitrogens is 2. The molecule has 0 saturated heterocycles. The van der Waals surface area contributed by atoms with Crippen LogP contribution in [0.25, 0.3) is 17.0 Å². The minimum atomic E-state index is -0.374. The Hall–Kier alpha value is -3.32. The fraction of sp³-hybridized carbons (Fsp3) is 0.227. The number of halogens is 1. The Morgan fingerprint density at radius 1 is 1.33 bits per heavy atom. The number of para-hydroxylation sites is 1. The van der Waals surface area contributed by atoms with E-state index in [0.717, 1.165) is 22.0 Å². The molecule has 1 atom stereocenters. The van der Waals surface area contributed by atoms with E-state index in [2.05, 4.69) is 20.0 Å². The van der Waals surface area contributed by atoms with E-state index in [0.29, 0.717) is 10.8 Å². The summed E-state index contributed by atoms with van der Waals surface area (Å²) in [5, 5.41) is 4.51. The molecule has 0 aliphatic heterocycles.